The Morgan fingerprint density at radius 1 is 1.27 bits per heavy atom. The Morgan fingerprint density at radius 2 is 2.13 bits per heavy atom. The number of rotatable bonds is 3. The Morgan fingerprint density at radius 3 is 2.93 bits per heavy atom. The van der Waals surface area contributed by atoms with Gasteiger partial charge in [0.1, 0.15) is 5.58 Å². The van der Waals surface area contributed by atoms with Crippen LogP contribution in [0.2, 0.25) is 0 Å². The molecule has 0 saturated carbocycles. The minimum atomic E-state index is 0.706. The first-order chi connectivity index (χ1) is 7.27. The van der Waals surface area contributed by atoms with Gasteiger partial charge in [0.05, 0.1) is 6.26 Å². The summed E-state index contributed by atoms with van der Waals surface area (Å²) in [5.41, 5.74) is 2.15. The van der Waals surface area contributed by atoms with E-state index in [0.717, 1.165) is 17.6 Å². The Balaban J connectivity index is 2.27. The second kappa shape index (κ2) is 4.35. The first kappa shape index (κ1) is 10.0. The van der Waals surface area contributed by atoms with Gasteiger partial charge in [-0.2, -0.15) is 0 Å². The normalized spacial score (nSPS) is 11.9. The molecule has 78 valence electrons. The van der Waals surface area contributed by atoms with Crippen LogP contribution in [-0.4, -0.2) is 0 Å². The van der Waals surface area contributed by atoms with Gasteiger partial charge in [-0.05, 0) is 18.4 Å². The molecule has 15 heavy (non-hydrogen) atoms. The van der Waals surface area contributed by atoms with Crippen LogP contribution in [0.4, 0.5) is 0 Å². The van der Waals surface area contributed by atoms with E-state index in [4.69, 9.17) is 4.42 Å². The molecule has 0 N–H and O–H groups in total. The molecular weight excluding hydrogens is 184 g/mol. The van der Waals surface area contributed by atoms with Crippen LogP contribution in [0.3, 0.4) is 0 Å². The molecule has 0 aliphatic heterocycles. The summed E-state index contributed by atoms with van der Waals surface area (Å²) in [4.78, 5) is 0. The van der Waals surface area contributed by atoms with Gasteiger partial charge in [0, 0.05) is 10.9 Å². The van der Waals surface area contributed by atoms with Crippen molar-refractivity contribution >= 4 is 17.0 Å². The lowest BCUT2D eigenvalue weighted by atomic mass is 10.1. The summed E-state index contributed by atoms with van der Waals surface area (Å²) < 4.78 is 5.46. The summed E-state index contributed by atoms with van der Waals surface area (Å²) in [5.74, 6) is 0.706. The van der Waals surface area contributed by atoms with E-state index in [1.807, 2.05) is 6.07 Å². The fourth-order valence-electron chi connectivity index (χ4n) is 1.61. The van der Waals surface area contributed by atoms with Crippen LogP contribution >= 0.6 is 0 Å². The van der Waals surface area contributed by atoms with Gasteiger partial charge in [0.2, 0.25) is 0 Å². The van der Waals surface area contributed by atoms with Crippen molar-refractivity contribution in [1.29, 1.82) is 0 Å². The average molecular weight is 200 g/mol. The van der Waals surface area contributed by atoms with Gasteiger partial charge in [0.25, 0.3) is 0 Å². The predicted octanol–water partition coefficient (Wildman–Crippen LogP) is 4.49. The van der Waals surface area contributed by atoms with Crippen molar-refractivity contribution in [3.05, 3.63) is 42.2 Å². The molecule has 1 aromatic heterocycles. The molecule has 0 bridgehead atoms. The Hall–Kier alpha value is -1.50. The monoisotopic (exact) mass is 200 g/mol. The molecule has 0 spiro atoms. The highest BCUT2D eigenvalue weighted by molar-refractivity contribution is 5.85. The van der Waals surface area contributed by atoms with E-state index >= 15 is 0 Å². The SMILES string of the molecule is CC(C)C/C=C/c1cccc2ccoc12. The quantitative estimate of drug-likeness (QED) is 0.711. The fourth-order valence-corrected chi connectivity index (χ4v) is 1.61. The van der Waals surface area contributed by atoms with Gasteiger partial charge in [0.15, 0.2) is 0 Å². The highest BCUT2D eigenvalue weighted by Gasteiger charge is 1.99. The lowest BCUT2D eigenvalue weighted by molar-refractivity contribution is 0.615. The van der Waals surface area contributed by atoms with Gasteiger partial charge in [-0.3, -0.25) is 0 Å². The largest absolute Gasteiger partial charge is 0.464 e. The van der Waals surface area contributed by atoms with E-state index in [2.05, 4.69) is 44.2 Å². The zero-order valence-corrected chi connectivity index (χ0v) is 9.23. The third-order valence-corrected chi connectivity index (χ3v) is 2.41. The molecule has 0 aliphatic rings. The summed E-state index contributed by atoms with van der Waals surface area (Å²) in [7, 11) is 0. The zero-order valence-electron chi connectivity index (χ0n) is 9.23. The lowest BCUT2D eigenvalue weighted by Crippen LogP contribution is -1.81. The number of hydrogen-bond acceptors (Lipinski definition) is 1. The van der Waals surface area contributed by atoms with E-state index in [0.29, 0.717) is 5.92 Å². The maximum absolute atomic E-state index is 5.46. The number of allylic oxidation sites excluding steroid dienone is 1. The molecule has 0 radical (unpaired) electrons. The maximum Gasteiger partial charge on any atom is 0.141 e. The van der Waals surface area contributed by atoms with Crippen molar-refractivity contribution in [3.8, 4) is 0 Å². The summed E-state index contributed by atoms with van der Waals surface area (Å²) in [6.07, 6.45) is 7.20. The van der Waals surface area contributed by atoms with Crippen LogP contribution in [0.5, 0.6) is 0 Å². The topological polar surface area (TPSA) is 13.1 Å². The van der Waals surface area contributed by atoms with Gasteiger partial charge in [-0.15, -0.1) is 0 Å². The number of furan rings is 1. The average Bonchev–Trinajstić information content (AvgIpc) is 2.65. The van der Waals surface area contributed by atoms with Gasteiger partial charge in [-0.25, -0.2) is 0 Å². The van der Waals surface area contributed by atoms with Crippen molar-refractivity contribution < 1.29 is 4.42 Å². The Kier molecular flexibility index (Phi) is 2.91. The number of fused-ring (bicyclic) bond motifs is 1. The highest BCUT2D eigenvalue weighted by atomic mass is 16.3. The molecule has 1 heteroatoms. The van der Waals surface area contributed by atoms with Crippen LogP contribution in [-0.2, 0) is 0 Å². The first-order valence-electron chi connectivity index (χ1n) is 5.40. The van der Waals surface area contributed by atoms with E-state index in [-0.39, 0.29) is 0 Å². The molecule has 0 amide bonds. The van der Waals surface area contributed by atoms with Gasteiger partial charge >= 0.3 is 0 Å². The smallest absolute Gasteiger partial charge is 0.141 e. The van der Waals surface area contributed by atoms with Crippen molar-refractivity contribution in [2.45, 2.75) is 20.3 Å². The molecule has 2 rings (SSSR count). The summed E-state index contributed by atoms with van der Waals surface area (Å²) >= 11 is 0. The van der Waals surface area contributed by atoms with Crippen molar-refractivity contribution in [2.75, 3.05) is 0 Å². The van der Waals surface area contributed by atoms with E-state index in [1.54, 1.807) is 6.26 Å². The van der Waals surface area contributed by atoms with Crippen molar-refractivity contribution in [3.63, 3.8) is 0 Å². The molecule has 0 fully saturated rings. The third kappa shape index (κ3) is 2.30. The molecule has 0 atom stereocenters. The lowest BCUT2D eigenvalue weighted by Gasteiger charge is -1.98. The van der Waals surface area contributed by atoms with Crippen molar-refractivity contribution in [2.24, 2.45) is 5.92 Å². The predicted molar refractivity (Wildman–Crippen MR) is 64.7 cm³/mol. The van der Waals surface area contributed by atoms with Crippen LogP contribution in [0.1, 0.15) is 25.8 Å². The minimum Gasteiger partial charge on any atom is -0.464 e. The van der Waals surface area contributed by atoms with Gasteiger partial charge < -0.3 is 4.42 Å². The molecule has 0 saturated heterocycles. The van der Waals surface area contributed by atoms with E-state index in [9.17, 15) is 0 Å². The molecule has 1 aromatic carbocycles. The Labute approximate surface area is 90.4 Å². The summed E-state index contributed by atoms with van der Waals surface area (Å²) in [6.45, 7) is 4.44. The van der Waals surface area contributed by atoms with Crippen molar-refractivity contribution in [1.82, 2.24) is 0 Å². The van der Waals surface area contributed by atoms with Gasteiger partial charge in [-0.1, -0.05) is 44.2 Å². The third-order valence-electron chi connectivity index (χ3n) is 2.41. The fraction of sp³-hybridized carbons (Fsp3) is 0.286. The summed E-state index contributed by atoms with van der Waals surface area (Å²) in [6, 6.07) is 8.21. The van der Waals surface area contributed by atoms with E-state index < -0.39 is 0 Å². The molecular formula is C14H16O. The number of para-hydroxylation sites is 1. The minimum absolute atomic E-state index is 0.706. The Bertz CT molecular complexity index is 463. The first-order valence-corrected chi connectivity index (χ1v) is 5.40. The molecule has 2 aromatic rings. The van der Waals surface area contributed by atoms with E-state index in [1.165, 1.54) is 5.39 Å². The van der Waals surface area contributed by atoms with Crippen LogP contribution < -0.4 is 0 Å². The number of benzene rings is 1. The standard InChI is InChI=1S/C14H16O/c1-11(2)5-3-6-12-7-4-8-13-9-10-15-14(12)13/h3-4,6-11H,5H2,1-2H3/b6-3+. The molecule has 0 unspecified atom stereocenters. The number of hydrogen-bond donors (Lipinski definition) is 0. The second-order valence-electron chi connectivity index (χ2n) is 4.22. The second-order valence-corrected chi connectivity index (χ2v) is 4.22. The molecule has 1 nitrogen and oxygen atoms in total. The summed E-state index contributed by atoms with van der Waals surface area (Å²) in [5, 5.41) is 1.17. The highest BCUT2D eigenvalue weighted by Crippen LogP contribution is 2.21. The molecule has 0 aliphatic carbocycles. The van der Waals surface area contributed by atoms with Crippen LogP contribution in [0.15, 0.2) is 41.0 Å². The van der Waals surface area contributed by atoms with Crippen LogP contribution in [0.25, 0.3) is 17.0 Å². The van der Waals surface area contributed by atoms with Crippen LogP contribution in [0, 0.1) is 5.92 Å². The maximum atomic E-state index is 5.46. The molecule has 1 heterocycles. The zero-order chi connectivity index (χ0) is 10.7.